The first-order valence-corrected chi connectivity index (χ1v) is 6.26. The fourth-order valence-corrected chi connectivity index (χ4v) is 1.99. The highest BCUT2D eigenvalue weighted by atomic mass is 79.9. The molecule has 0 saturated carbocycles. The topological polar surface area (TPSA) is 77.2 Å². The normalized spacial score (nSPS) is 10.0. The number of rotatable bonds is 3. The number of hydrogen-bond acceptors (Lipinski definition) is 4. The van der Waals surface area contributed by atoms with Crippen LogP contribution in [0.25, 0.3) is 0 Å². The smallest absolute Gasteiger partial charge is 0.275 e. The van der Waals surface area contributed by atoms with Crippen LogP contribution >= 0.6 is 15.9 Å². The number of halogens is 1. The number of nitrogens with zero attached hydrogens (tertiary/aromatic N) is 1. The number of nitrogen functional groups attached to an aromatic ring is 1. The van der Waals surface area contributed by atoms with Crippen LogP contribution in [0.1, 0.15) is 10.5 Å². The van der Waals surface area contributed by atoms with E-state index in [4.69, 9.17) is 10.5 Å². The monoisotopic (exact) mass is 321 g/mol. The lowest BCUT2D eigenvalue weighted by Crippen LogP contribution is -2.15. The second kappa shape index (κ2) is 5.71. The average Bonchev–Trinajstić information content (AvgIpc) is 2.39. The SMILES string of the molecule is COc1ccc(N)cc1NC(=O)c1ncccc1Br. The highest BCUT2D eigenvalue weighted by molar-refractivity contribution is 9.10. The third-order valence-corrected chi connectivity index (χ3v) is 3.09. The molecule has 19 heavy (non-hydrogen) atoms. The molecule has 0 aliphatic carbocycles. The molecule has 98 valence electrons. The summed E-state index contributed by atoms with van der Waals surface area (Å²) in [6, 6.07) is 8.51. The van der Waals surface area contributed by atoms with Crippen molar-refractivity contribution in [3.8, 4) is 5.75 Å². The fourth-order valence-electron chi connectivity index (χ4n) is 1.56. The maximum atomic E-state index is 12.1. The summed E-state index contributed by atoms with van der Waals surface area (Å²) >= 11 is 3.28. The van der Waals surface area contributed by atoms with Crippen LogP contribution < -0.4 is 15.8 Å². The molecule has 0 saturated heterocycles. The molecule has 5 nitrogen and oxygen atoms in total. The van der Waals surface area contributed by atoms with Crippen molar-refractivity contribution in [1.29, 1.82) is 0 Å². The molecule has 0 spiro atoms. The van der Waals surface area contributed by atoms with Crippen LogP contribution in [0, 0.1) is 0 Å². The van der Waals surface area contributed by atoms with E-state index >= 15 is 0 Å². The Hall–Kier alpha value is -2.08. The van der Waals surface area contributed by atoms with Gasteiger partial charge in [0.15, 0.2) is 0 Å². The molecule has 1 amide bonds. The van der Waals surface area contributed by atoms with E-state index in [2.05, 4.69) is 26.2 Å². The molecule has 6 heteroatoms. The van der Waals surface area contributed by atoms with E-state index in [9.17, 15) is 4.79 Å². The Balaban J connectivity index is 2.29. The predicted octanol–water partition coefficient (Wildman–Crippen LogP) is 2.69. The predicted molar refractivity (Wildman–Crippen MR) is 77.3 cm³/mol. The molecular formula is C13H12BrN3O2. The minimum atomic E-state index is -0.337. The van der Waals surface area contributed by atoms with Crippen molar-refractivity contribution < 1.29 is 9.53 Å². The van der Waals surface area contributed by atoms with Crippen molar-refractivity contribution in [3.63, 3.8) is 0 Å². The number of amides is 1. The quantitative estimate of drug-likeness (QED) is 0.852. The molecule has 0 radical (unpaired) electrons. The Morgan fingerprint density at radius 3 is 2.89 bits per heavy atom. The maximum Gasteiger partial charge on any atom is 0.275 e. The summed E-state index contributed by atoms with van der Waals surface area (Å²) < 4.78 is 5.79. The van der Waals surface area contributed by atoms with Gasteiger partial charge in [0.05, 0.1) is 12.8 Å². The summed E-state index contributed by atoms with van der Waals surface area (Å²) in [4.78, 5) is 16.1. The van der Waals surface area contributed by atoms with E-state index in [-0.39, 0.29) is 5.91 Å². The molecule has 0 atom stereocenters. The molecule has 1 aromatic heterocycles. The van der Waals surface area contributed by atoms with Crippen molar-refractivity contribution in [1.82, 2.24) is 4.98 Å². The van der Waals surface area contributed by atoms with E-state index in [1.165, 1.54) is 7.11 Å². The first-order valence-electron chi connectivity index (χ1n) is 5.47. The summed E-state index contributed by atoms with van der Waals surface area (Å²) in [5, 5.41) is 2.72. The number of nitrogens with one attached hydrogen (secondary N) is 1. The van der Waals surface area contributed by atoms with Crippen molar-refractivity contribution in [2.45, 2.75) is 0 Å². The van der Waals surface area contributed by atoms with Gasteiger partial charge in [-0.15, -0.1) is 0 Å². The standard InChI is InChI=1S/C13H12BrN3O2/c1-19-11-5-4-8(15)7-10(11)17-13(18)12-9(14)3-2-6-16-12/h2-7H,15H2,1H3,(H,17,18). The second-order valence-corrected chi connectivity index (χ2v) is 4.60. The van der Waals surface area contributed by atoms with Gasteiger partial charge in [-0.1, -0.05) is 0 Å². The number of anilines is 2. The Morgan fingerprint density at radius 1 is 1.42 bits per heavy atom. The van der Waals surface area contributed by atoms with Crippen molar-refractivity contribution in [2.75, 3.05) is 18.2 Å². The number of aromatic nitrogens is 1. The van der Waals surface area contributed by atoms with Gasteiger partial charge in [-0.3, -0.25) is 4.79 Å². The fraction of sp³-hybridized carbons (Fsp3) is 0.0769. The van der Waals surface area contributed by atoms with Gasteiger partial charge < -0.3 is 15.8 Å². The van der Waals surface area contributed by atoms with Crippen LogP contribution in [0.3, 0.4) is 0 Å². The van der Waals surface area contributed by atoms with Crippen LogP contribution in [0.2, 0.25) is 0 Å². The van der Waals surface area contributed by atoms with Crippen LogP contribution in [0.4, 0.5) is 11.4 Å². The summed E-state index contributed by atoms with van der Waals surface area (Å²) in [5.41, 5.74) is 7.04. The molecule has 1 aromatic carbocycles. The number of carbonyl (C=O) groups excluding carboxylic acids is 1. The van der Waals surface area contributed by atoms with Gasteiger partial charge in [0.1, 0.15) is 11.4 Å². The Bertz CT molecular complexity index is 617. The molecule has 3 N–H and O–H groups in total. The molecule has 1 heterocycles. The zero-order valence-corrected chi connectivity index (χ0v) is 11.8. The number of carbonyl (C=O) groups is 1. The third kappa shape index (κ3) is 3.03. The van der Waals surface area contributed by atoms with E-state index in [0.29, 0.717) is 27.3 Å². The molecule has 0 bridgehead atoms. The second-order valence-electron chi connectivity index (χ2n) is 3.75. The van der Waals surface area contributed by atoms with Crippen LogP contribution in [0.5, 0.6) is 5.75 Å². The van der Waals surface area contributed by atoms with Crippen molar-refractivity contribution >= 4 is 33.2 Å². The lowest BCUT2D eigenvalue weighted by Gasteiger charge is -2.11. The Kier molecular flexibility index (Phi) is 4.01. The number of pyridine rings is 1. The van der Waals surface area contributed by atoms with Gasteiger partial charge >= 0.3 is 0 Å². The largest absolute Gasteiger partial charge is 0.495 e. The minimum Gasteiger partial charge on any atom is -0.495 e. The van der Waals surface area contributed by atoms with E-state index in [1.54, 1.807) is 36.5 Å². The highest BCUT2D eigenvalue weighted by Gasteiger charge is 2.13. The number of ether oxygens (including phenoxy) is 1. The number of hydrogen-bond donors (Lipinski definition) is 2. The van der Waals surface area contributed by atoms with Gasteiger partial charge in [-0.25, -0.2) is 4.98 Å². The maximum absolute atomic E-state index is 12.1. The van der Waals surface area contributed by atoms with Crippen molar-refractivity contribution in [3.05, 3.63) is 46.7 Å². The van der Waals surface area contributed by atoms with Crippen molar-refractivity contribution in [2.24, 2.45) is 0 Å². The first-order chi connectivity index (χ1) is 9.11. The molecular weight excluding hydrogens is 310 g/mol. The zero-order valence-electron chi connectivity index (χ0n) is 10.2. The molecule has 0 aliphatic heterocycles. The van der Waals surface area contributed by atoms with E-state index in [0.717, 1.165) is 0 Å². The van der Waals surface area contributed by atoms with Gasteiger partial charge in [0.2, 0.25) is 0 Å². The molecule has 2 aromatic rings. The lowest BCUT2D eigenvalue weighted by atomic mass is 10.2. The zero-order chi connectivity index (χ0) is 13.8. The summed E-state index contributed by atoms with van der Waals surface area (Å²) in [6.07, 6.45) is 1.55. The molecule has 0 unspecified atom stereocenters. The first kappa shape index (κ1) is 13.4. The Labute approximate surface area is 118 Å². The number of benzene rings is 1. The Morgan fingerprint density at radius 2 is 2.21 bits per heavy atom. The van der Waals surface area contributed by atoms with Gasteiger partial charge in [0, 0.05) is 16.4 Å². The van der Waals surface area contributed by atoms with Gasteiger partial charge in [-0.2, -0.15) is 0 Å². The van der Waals surface area contributed by atoms with Crippen LogP contribution in [-0.2, 0) is 0 Å². The third-order valence-electron chi connectivity index (χ3n) is 2.45. The average molecular weight is 322 g/mol. The summed E-state index contributed by atoms with van der Waals surface area (Å²) in [5.74, 6) is 0.200. The molecule has 0 fully saturated rings. The lowest BCUT2D eigenvalue weighted by molar-refractivity contribution is 0.102. The van der Waals surface area contributed by atoms with E-state index in [1.807, 2.05) is 0 Å². The number of methoxy groups -OCH3 is 1. The van der Waals surface area contributed by atoms with Gasteiger partial charge in [-0.05, 0) is 46.3 Å². The highest BCUT2D eigenvalue weighted by Crippen LogP contribution is 2.27. The summed E-state index contributed by atoms with van der Waals surface area (Å²) in [7, 11) is 1.53. The van der Waals surface area contributed by atoms with Crippen LogP contribution in [0.15, 0.2) is 41.0 Å². The molecule has 2 rings (SSSR count). The van der Waals surface area contributed by atoms with Gasteiger partial charge in [0.25, 0.3) is 5.91 Å². The minimum absolute atomic E-state index is 0.298. The van der Waals surface area contributed by atoms with Crippen LogP contribution in [-0.4, -0.2) is 18.0 Å². The number of nitrogens with two attached hydrogens (primary N) is 1. The molecule has 0 aliphatic rings. The summed E-state index contributed by atoms with van der Waals surface area (Å²) in [6.45, 7) is 0. The van der Waals surface area contributed by atoms with E-state index < -0.39 is 0 Å².